The zero-order chi connectivity index (χ0) is 9.47. The van der Waals surface area contributed by atoms with E-state index in [1.54, 1.807) is 0 Å². The fourth-order valence-corrected chi connectivity index (χ4v) is 3.24. The van der Waals surface area contributed by atoms with Crippen molar-refractivity contribution < 1.29 is 9.84 Å². The number of aliphatic hydroxyl groups is 1. The summed E-state index contributed by atoms with van der Waals surface area (Å²) in [5, 5.41) is 9.88. The number of fused-ring (bicyclic) bond motifs is 1. The van der Waals surface area contributed by atoms with Gasteiger partial charge >= 0.3 is 0 Å². The van der Waals surface area contributed by atoms with E-state index in [-0.39, 0.29) is 5.60 Å². The smallest absolute Gasteiger partial charge is 0.0625 e. The van der Waals surface area contributed by atoms with Crippen molar-refractivity contribution in [3.63, 3.8) is 0 Å². The lowest BCUT2D eigenvalue weighted by molar-refractivity contribution is 0.0322. The fraction of sp³-hybridized carbons (Fsp3) is 1.00. The Morgan fingerprint density at radius 3 is 2.31 bits per heavy atom. The Balaban J connectivity index is 1.90. The Kier molecular flexibility index (Phi) is 2.37. The Morgan fingerprint density at radius 2 is 1.85 bits per heavy atom. The molecule has 76 valence electrons. The van der Waals surface area contributed by atoms with Gasteiger partial charge in [0.15, 0.2) is 0 Å². The second kappa shape index (κ2) is 3.25. The molecule has 0 aromatic heterocycles. The summed E-state index contributed by atoms with van der Waals surface area (Å²) in [5.41, 5.74) is -0.382. The van der Waals surface area contributed by atoms with Crippen molar-refractivity contribution in [2.24, 2.45) is 11.8 Å². The molecule has 2 nitrogen and oxygen atoms in total. The normalized spacial score (nSPS) is 49.6. The van der Waals surface area contributed by atoms with Crippen LogP contribution in [0.3, 0.4) is 0 Å². The van der Waals surface area contributed by atoms with E-state index in [1.165, 1.54) is 12.8 Å². The van der Waals surface area contributed by atoms with Crippen LogP contribution in [0.25, 0.3) is 0 Å². The summed E-state index contributed by atoms with van der Waals surface area (Å²) in [7, 11) is 0. The maximum Gasteiger partial charge on any atom is 0.0625 e. The molecule has 0 aromatic rings. The molecule has 2 aliphatic rings. The Labute approximate surface area is 80.3 Å². The van der Waals surface area contributed by atoms with E-state index in [9.17, 15) is 5.11 Å². The number of hydrogen-bond donors (Lipinski definition) is 1. The molecular formula is C11H20O2. The molecular weight excluding hydrogens is 164 g/mol. The number of hydrogen-bond acceptors (Lipinski definition) is 2. The van der Waals surface area contributed by atoms with Crippen LogP contribution in [0.15, 0.2) is 0 Å². The molecule has 0 saturated heterocycles. The summed E-state index contributed by atoms with van der Waals surface area (Å²) < 4.78 is 5.63. The zero-order valence-corrected chi connectivity index (χ0v) is 8.62. The molecule has 0 aromatic carbocycles. The first-order valence-electron chi connectivity index (χ1n) is 5.45. The highest BCUT2D eigenvalue weighted by Crippen LogP contribution is 2.49. The van der Waals surface area contributed by atoms with Crippen molar-refractivity contribution in [2.75, 3.05) is 6.61 Å². The third kappa shape index (κ3) is 1.89. The molecule has 2 saturated carbocycles. The molecule has 2 aliphatic carbocycles. The van der Waals surface area contributed by atoms with E-state index in [1.807, 2.05) is 6.92 Å². The van der Waals surface area contributed by atoms with E-state index in [0.29, 0.717) is 6.10 Å². The highest BCUT2D eigenvalue weighted by molar-refractivity contribution is 4.97. The third-order valence-electron chi connectivity index (χ3n) is 3.60. The van der Waals surface area contributed by atoms with Gasteiger partial charge in [0.1, 0.15) is 0 Å². The molecule has 13 heavy (non-hydrogen) atoms. The van der Waals surface area contributed by atoms with Crippen LogP contribution in [0.2, 0.25) is 0 Å². The molecule has 2 fully saturated rings. The van der Waals surface area contributed by atoms with E-state index in [2.05, 4.69) is 6.92 Å². The van der Waals surface area contributed by atoms with Gasteiger partial charge < -0.3 is 9.84 Å². The first kappa shape index (κ1) is 9.47. The lowest BCUT2D eigenvalue weighted by Crippen LogP contribution is -2.21. The molecule has 0 spiro atoms. The van der Waals surface area contributed by atoms with Crippen LogP contribution in [0, 0.1) is 11.8 Å². The summed E-state index contributed by atoms with van der Waals surface area (Å²) in [6.45, 7) is 4.87. The SMILES string of the molecule is CCOC1C[C@@H]2CC(C)(O)C[C@@H]2C1. The maximum absolute atomic E-state index is 9.88. The van der Waals surface area contributed by atoms with Crippen molar-refractivity contribution in [3.05, 3.63) is 0 Å². The van der Waals surface area contributed by atoms with E-state index in [4.69, 9.17) is 4.74 Å². The highest BCUT2D eigenvalue weighted by atomic mass is 16.5. The first-order chi connectivity index (χ1) is 6.11. The van der Waals surface area contributed by atoms with Crippen LogP contribution < -0.4 is 0 Å². The van der Waals surface area contributed by atoms with Gasteiger partial charge in [-0.25, -0.2) is 0 Å². The van der Waals surface area contributed by atoms with E-state index < -0.39 is 0 Å². The largest absolute Gasteiger partial charge is 0.390 e. The predicted octanol–water partition coefficient (Wildman–Crippen LogP) is 1.96. The Bertz CT molecular complexity index is 173. The second-order valence-electron chi connectivity index (χ2n) is 4.97. The van der Waals surface area contributed by atoms with Gasteiger partial charge in [-0.2, -0.15) is 0 Å². The van der Waals surface area contributed by atoms with Gasteiger partial charge in [-0.3, -0.25) is 0 Å². The van der Waals surface area contributed by atoms with Crippen LogP contribution in [0.4, 0.5) is 0 Å². The van der Waals surface area contributed by atoms with Crippen molar-refractivity contribution in [1.29, 1.82) is 0 Å². The molecule has 2 unspecified atom stereocenters. The van der Waals surface area contributed by atoms with Crippen LogP contribution in [0.5, 0.6) is 0 Å². The maximum atomic E-state index is 9.88. The molecule has 0 aliphatic heterocycles. The van der Waals surface area contributed by atoms with Crippen LogP contribution in [0.1, 0.15) is 39.5 Å². The van der Waals surface area contributed by atoms with Crippen molar-refractivity contribution in [3.8, 4) is 0 Å². The zero-order valence-electron chi connectivity index (χ0n) is 8.62. The Hall–Kier alpha value is -0.0800. The average molecular weight is 184 g/mol. The van der Waals surface area contributed by atoms with Gasteiger partial charge in [0.2, 0.25) is 0 Å². The van der Waals surface area contributed by atoms with Gasteiger partial charge in [0.05, 0.1) is 11.7 Å². The van der Waals surface area contributed by atoms with E-state index >= 15 is 0 Å². The fourth-order valence-electron chi connectivity index (χ4n) is 3.24. The summed E-state index contributed by atoms with van der Waals surface area (Å²) in [6.07, 6.45) is 4.81. The van der Waals surface area contributed by atoms with Crippen molar-refractivity contribution in [1.82, 2.24) is 0 Å². The van der Waals surface area contributed by atoms with Gasteiger partial charge in [-0.15, -0.1) is 0 Å². The highest BCUT2D eigenvalue weighted by Gasteiger charge is 2.46. The molecule has 0 heterocycles. The standard InChI is InChI=1S/C11H20O2/c1-3-13-10-4-8-6-11(2,12)7-9(8)5-10/h8-10,12H,3-7H2,1-2H3/t8-,9+,10?,11?. The quantitative estimate of drug-likeness (QED) is 0.711. The number of ether oxygens (including phenoxy) is 1. The summed E-state index contributed by atoms with van der Waals surface area (Å²) in [6, 6.07) is 0. The van der Waals surface area contributed by atoms with Crippen LogP contribution >= 0.6 is 0 Å². The topological polar surface area (TPSA) is 29.5 Å². The summed E-state index contributed by atoms with van der Waals surface area (Å²) in [5.74, 6) is 1.46. The molecule has 4 atom stereocenters. The predicted molar refractivity (Wildman–Crippen MR) is 51.5 cm³/mol. The molecule has 0 amide bonds. The van der Waals surface area contributed by atoms with E-state index in [0.717, 1.165) is 31.3 Å². The molecule has 2 rings (SSSR count). The lowest BCUT2D eigenvalue weighted by Gasteiger charge is -2.19. The molecule has 2 heteroatoms. The lowest BCUT2D eigenvalue weighted by atomic mass is 10.0. The van der Waals surface area contributed by atoms with Crippen molar-refractivity contribution in [2.45, 2.75) is 51.2 Å². The number of rotatable bonds is 2. The molecule has 1 N–H and O–H groups in total. The molecule has 0 radical (unpaired) electrons. The van der Waals surface area contributed by atoms with Gasteiger partial charge in [-0.1, -0.05) is 0 Å². The summed E-state index contributed by atoms with van der Waals surface area (Å²) >= 11 is 0. The summed E-state index contributed by atoms with van der Waals surface area (Å²) in [4.78, 5) is 0. The minimum absolute atomic E-state index is 0.382. The second-order valence-corrected chi connectivity index (χ2v) is 4.97. The van der Waals surface area contributed by atoms with Gasteiger partial charge in [0.25, 0.3) is 0 Å². The monoisotopic (exact) mass is 184 g/mol. The minimum atomic E-state index is -0.382. The van der Waals surface area contributed by atoms with Gasteiger partial charge in [0, 0.05) is 6.61 Å². The van der Waals surface area contributed by atoms with Crippen LogP contribution in [-0.4, -0.2) is 23.4 Å². The molecule has 0 bridgehead atoms. The average Bonchev–Trinajstić information content (AvgIpc) is 2.41. The Morgan fingerprint density at radius 1 is 1.31 bits per heavy atom. The van der Waals surface area contributed by atoms with Gasteiger partial charge in [-0.05, 0) is 51.4 Å². The van der Waals surface area contributed by atoms with Crippen molar-refractivity contribution >= 4 is 0 Å². The minimum Gasteiger partial charge on any atom is -0.390 e. The third-order valence-corrected chi connectivity index (χ3v) is 3.60. The first-order valence-corrected chi connectivity index (χ1v) is 5.45. The van der Waals surface area contributed by atoms with Crippen LogP contribution in [-0.2, 0) is 4.74 Å².